The Balaban J connectivity index is 0.00000242. The number of benzene rings is 2. The summed E-state index contributed by atoms with van der Waals surface area (Å²) in [5, 5.41) is 11.3. The first-order chi connectivity index (χ1) is 9.90. The molecule has 0 saturated carbocycles. The predicted molar refractivity (Wildman–Crippen MR) is 79.2 cm³/mol. The second-order valence-electron chi connectivity index (χ2n) is 4.72. The van der Waals surface area contributed by atoms with Gasteiger partial charge in [0.1, 0.15) is 0 Å². The number of ketones is 1. The summed E-state index contributed by atoms with van der Waals surface area (Å²) >= 11 is 5.80. The minimum atomic E-state index is -1.24. The van der Waals surface area contributed by atoms with Gasteiger partial charge in [-0.05, 0) is 42.3 Å². The molecule has 108 valence electrons. The van der Waals surface area contributed by atoms with Gasteiger partial charge in [-0.25, -0.2) is 0 Å². The summed E-state index contributed by atoms with van der Waals surface area (Å²) in [5.41, 5.74) is 7.96. The molecule has 0 aliphatic rings. The largest absolute Gasteiger partial charge is 1.00 e. The van der Waals surface area contributed by atoms with Gasteiger partial charge in [-0.1, -0.05) is 23.7 Å². The molecule has 4 nitrogen and oxygen atoms in total. The molecule has 0 radical (unpaired) electrons. The van der Waals surface area contributed by atoms with E-state index < -0.39 is 5.97 Å². The Labute approximate surface area is 155 Å². The Hall–Kier alpha value is -1.33. The van der Waals surface area contributed by atoms with Crippen molar-refractivity contribution in [3.8, 4) is 0 Å². The Kier molecular flexibility index (Phi) is 6.63. The maximum absolute atomic E-state index is 12.6. The molecule has 0 unspecified atom stereocenters. The third-order valence-corrected chi connectivity index (χ3v) is 3.46. The fraction of sp³-hybridized carbons (Fsp3) is 0.125. The molecule has 2 rings (SSSR count). The summed E-state index contributed by atoms with van der Waals surface area (Å²) in [7, 11) is 0. The zero-order valence-corrected chi connectivity index (χ0v) is 15.1. The van der Waals surface area contributed by atoms with Crippen LogP contribution in [-0.2, 0) is 11.2 Å². The van der Waals surface area contributed by atoms with Crippen molar-refractivity contribution in [2.45, 2.75) is 13.3 Å². The molecule has 0 aliphatic carbocycles. The van der Waals surface area contributed by atoms with Crippen molar-refractivity contribution in [3.05, 3.63) is 63.7 Å². The van der Waals surface area contributed by atoms with Crippen LogP contribution in [0.2, 0.25) is 5.02 Å². The van der Waals surface area contributed by atoms with E-state index in [2.05, 4.69) is 0 Å². The molecule has 0 saturated heterocycles. The molecule has 0 aliphatic heterocycles. The first-order valence-corrected chi connectivity index (χ1v) is 6.66. The van der Waals surface area contributed by atoms with Crippen molar-refractivity contribution in [3.63, 3.8) is 0 Å². The third kappa shape index (κ3) is 4.11. The van der Waals surface area contributed by atoms with Crippen LogP contribution in [0.4, 0.5) is 5.69 Å². The fourth-order valence-corrected chi connectivity index (χ4v) is 2.25. The summed E-state index contributed by atoms with van der Waals surface area (Å²) in [4.78, 5) is 23.3. The van der Waals surface area contributed by atoms with Crippen LogP contribution in [0.1, 0.15) is 27.0 Å². The summed E-state index contributed by atoms with van der Waals surface area (Å²) in [6, 6.07) is 9.72. The Morgan fingerprint density at radius 1 is 1.14 bits per heavy atom. The molecule has 0 fully saturated rings. The van der Waals surface area contributed by atoms with E-state index >= 15 is 0 Å². The first-order valence-electron chi connectivity index (χ1n) is 6.28. The SMILES string of the molecule is Cc1ccc(CC(=O)[O-])c(N)c1C(=O)c1ccc(Cl)cc1.[Na+]. The van der Waals surface area contributed by atoms with Gasteiger partial charge in [-0.3, -0.25) is 4.79 Å². The molecular formula is C16H13ClNNaO3. The number of nitrogens with two attached hydrogens (primary N) is 1. The van der Waals surface area contributed by atoms with Crippen LogP contribution in [0.25, 0.3) is 0 Å². The second kappa shape index (κ2) is 7.79. The van der Waals surface area contributed by atoms with E-state index in [1.807, 2.05) is 0 Å². The minimum Gasteiger partial charge on any atom is -0.550 e. The number of aliphatic carboxylic acids is 1. The van der Waals surface area contributed by atoms with Crippen molar-refractivity contribution in [1.82, 2.24) is 0 Å². The summed E-state index contributed by atoms with van der Waals surface area (Å²) in [5.74, 6) is -1.50. The second-order valence-corrected chi connectivity index (χ2v) is 5.15. The molecule has 2 aromatic carbocycles. The van der Waals surface area contributed by atoms with Gasteiger partial charge in [0.25, 0.3) is 0 Å². The van der Waals surface area contributed by atoms with Crippen LogP contribution in [0.5, 0.6) is 0 Å². The predicted octanol–water partition coefficient (Wildman–Crippen LogP) is -1.24. The number of rotatable bonds is 4. The number of carboxylic acids is 1. The Bertz CT molecular complexity index is 714. The molecule has 2 N–H and O–H groups in total. The molecule has 6 heteroatoms. The number of carbonyl (C=O) groups is 2. The number of carboxylic acid groups (broad SMARTS) is 1. The zero-order chi connectivity index (χ0) is 15.6. The monoisotopic (exact) mass is 325 g/mol. The number of aryl methyl sites for hydroxylation is 1. The van der Waals surface area contributed by atoms with Gasteiger partial charge in [-0.2, -0.15) is 0 Å². The average molecular weight is 326 g/mol. The van der Waals surface area contributed by atoms with Crippen molar-refractivity contribution >= 4 is 29.0 Å². The number of hydrogen-bond donors (Lipinski definition) is 1. The quantitative estimate of drug-likeness (QED) is 0.433. The topological polar surface area (TPSA) is 83.2 Å². The van der Waals surface area contributed by atoms with Crippen LogP contribution in [0, 0.1) is 6.92 Å². The van der Waals surface area contributed by atoms with Gasteiger partial charge >= 0.3 is 29.6 Å². The maximum Gasteiger partial charge on any atom is 1.00 e. The van der Waals surface area contributed by atoms with Gasteiger partial charge in [0.15, 0.2) is 5.78 Å². The molecular weight excluding hydrogens is 313 g/mol. The molecule has 2 aromatic rings. The summed E-state index contributed by atoms with van der Waals surface area (Å²) in [6.45, 7) is 1.75. The molecule has 22 heavy (non-hydrogen) atoms. The number of hydrogen-bond acceptors (Lipinski definition) is 4. The third-order valence-electron chi connectivity index (χ3n) is 3.21. The number of anilines is 1. The molecule has 0 amide bonds. The number of halogens is 1. The van der Waals surface area contributed by atoms with Crippen molar-refractivity contribution in [2.24, 2.45) is 0 Å². The van der Waals surface area contributed by atoms with E-state index in [0.717, 1.165) is 0 Å². The van der Waals surface area contributed by atoms with Crippen LogP contribution < -0.4 is 40.4 Å². The van der Waals surface area contributed by atoms with Crippen molar-refractivity contribution in [2.75, 3.05) is 5.73 Å². The smallest absolute Gasteiger partial charge is 0.550 e. The van der Waals surface area contributed by atoms with E-state index in [0.29, 0.717) is 27.3 Å². The van der Waals surface area contributed by atoms with Crippen molar-refractivity contribution < 1.29 is 44.3 Å². The standard InChI is InChI=1S/C16H14ClNO3.Na/c1-9-2-3-11(8-13(19)20)15(18)14(9)16(21)10-4-6-12(17)7-5-10;/h2-7H,8,18H2,1H3,(H,19,20);/q;+1/p-1. The van der Waals surface area contributed by atoms with E-state index in [9.17, 15) is 14.7 Å². The van der Waals surface area contributed by atoms with Gasteiger partial charge < -0.3 is 15.6 Å². The Morgan fingerprint density at radius 2 is 1.73 bits per heavy atom. The Morgan fingerprint density at radius 3 is 2.27 bits per heavy atom. The van der Waals surface area contributed by atoms with Gasteiger partial charge in [0.05, 0.1) is 0 Å². The van der Waals surface area contributed by atoms with Crippen LogP contribution in [0.3, 0.4) is 0 Å². The normalized spacial score (nSPS) is 9.91. The van der Waals surface area contributed by atoms with E-state index in [-0.39, 0.29) is 47.4 Å². The minimum absolute atomic E-state index is 0. The summed E-state index contributed by atoms with van der Waals surface area (Å²) in [6.07, 6.45) is -0.326. The average Bonchev–Trinajstić information content (AvgIpc) is 2.42. The van der Waals surface area contributed by atoms with E-state index in [1.165, 1.54) is 0 Å². The van der Waals surface area contributed by atoms with Gasteiger partial charge in [-0.15, -0.1) is 0 Å². The molecule has 0 atom stereocenters. The van der Waals surface area contributed by atoms with Crippen molar-refractivity contribution in [1.29, 1.82) is 0 Å². The molecule has 0 aromatic heterocycles. The number of nitrogen functional groups attached to an aromatic ring is 1. The molecule has 0 heterocycles. The van der Waals surface area contributed by atoms with Gasteiger partial charge in [0.2, 0.25) is 0 Å². The molecule has 0 bridgehead atoms. The van der Waals surface area contributed by atoms with Gasteiger partial charge in [0, 0.05) is 34.2 Å². The molecule has 0 spiro atoms. The first kappa shape index (κ1) is 18.7. The number of carbonyl (C=O) groups excluding carboxylic acids is 2. The van der Waals surface area contributed by atoms with E-state index in [1.54, 1.807) is 43.3 Å². The van der Waals surface area contributed by atoms with Crippen LogP contribution in [0.15, 0.2) is 36.4 Å². The fourth-order valence-electron chi connectivity index (χ4n) is 2.13. The van der Waals surface area contributed by atoms with Crippen LogP contribution >= 0.6 is 11.6 Å². The van der Waals surface area contributed by atoms with Crippen LogP contribution in [-0.4, -0.2) is 11.8 Å². The zero-order valence-electron chi connectivity index (χ0n) is 12.4. The maximum atomic E-state index is 12.6. The summed E-state index contributed by atoms with van der Waals surface area (Å²) < 4.78 is 0. The van der Waals surface area contributed by atoms with E-state index in [4.69, 9.17) is 17.3 Å².